The van der Waals surface area contributed by atoms with E-state index >= 15 is 0 Å². The van der Waals surface area contributed by atoms with E-state index in [0.717, 1.165) is 23.9 Å². The number of nitrogens with zero attached hydrogens (tertiary/aromatic N) is 7. The summed E-state index contributed by atoms with van der Waals surface area (Å²) in [6, 6.07) is 3.88. The largest absolute Gasteiger partial charge is 0.467 e. The number of aromatic nitrogens is 2. The molecule has 11 nitrogen and oxygen atoms in total. The zero-order valence-corrected chi connectivity index (χ0v) is 25.0. The third kappa shape index (κ3) is 7.05. The molecule has 4 heterocycles. The molecule has 0 radical (unpaired) electrons. The first kappa shape index (κ1) is 32.5. The molecular formula is C30H38F3N9O2. The number of hydrogen-bond acceptors (Lipinski definition) is 10. The number of nitrogens with one attached hydrogen (secondary N) is 1. The van der Waals surface area contributed by atoms with Gasteiger partial charge in [-0.3, -0.25) is 4.79 Å². The SMILES string of the molecule is C=CC(=O)N1CCN(c2nc(OC)nc3c2CCN(c2c(C(F)(F)F)ccc(N)c2C=N)C3)CC1CC#N.CN1CCCC1. The van der Waals surface area contributed by atoms with Crippen molar-refractivity contribution in [3.05, 3.63) is 47.2 Å². The molecule has 0 saturated carbocycles. The molecule has 1 atom stereocenters. The van der Waals surface area contributed by atoms with Crippen molar-refractivity contribution in [2.75, 3.05) is 69.0 Å². The Morgan fingerprint density at radius 2 is 1.93 bits per heavy atom. The molecule has 1 aromatic carbocycles. The van der Waals surface area contributed by atoms with Crippen LogP contribution in [0.25, 0.3) is 0 Å². The van der Waals surface area contributed by atoms with Crippen molar-refractivity contribution >= 4 is 29.3 Å². The van der Waals surface area contributed by atoms with E-state index in [2.05, 4.69) is 34.6 Å². The molecule has 0 aliphatic carbocycles. The number of fused-ring (bicyclic) bond motifs is 1. The zero-order chi connectivity index (χ0) is 32.0. The lowest BCUT2D eigenvalue weighted by molar-refractivity contribution is -0.137. The Balaban J connectivity index is 0.000000657. The number of methoxy groups -OCH3 is 1. The van der Waals surface area contributed by atoms with E-state index < -0.39 is 11.7 Å². The number of amides is 1. The van der Waals surface area contributed by atoms with E-state index in [1.54, 1.807) is 4.90 Å². The molecular weight excluding hydrogens is 575 g/mol. The second kappa shape index (κ2) is 13.9. The molecule has 1 amide bonds. The summed E-state index contributed by atoms with van der Waals surface area (Å²) in [6.07, 6.45) is 0.684. The summed E-state index contributed by atoms with van der Waals surface area (Å²) in [4.78, 5) is 28.7. The topological polar surface area (TPSA) is 139 Å². The van der Waals surface area contributed by atoms with Crippen LogP contribution in [0.3, 0.4) is 0 Å². The number of carbonyl (C=O) groups is 1. The summed E-state index contributed by atoms with van der Waals surface area (Å²) >= 11 is 0. The first-order valence-corrected chi connectivity index (χ1v) is 14.4. The number of nitrogens with two attached hydrogens (primary N) is 1. The molecule has 2 saturated heterocycles. The van der Waals surface area contributed by atoms with Gasteiger partial charge in [0.15, 0.2) is 0 Å². The van der Waals surface area contributed by atoms with Crippen molar-refractivity contribution in [1.82, 2.24) is 19.8 Å². The standard InChI is InChI=1S/C25H27F3N8O2.C5H11N/c1-3-21(37)36-11-10-35(13-15(36)6-8-29)23-16-7-9-34(14-20(16)32-24(33-23)38-2)22-17(12-30)19(31)5-4-18(22)25(26,27)28;1-6-4-2-3-5-6/h3-5,12,15,30H,1,6-7,9-11,13-14,31H2,2H3;2-5H2,1H3. The Morgan fingerprint density at radius 1 is 1.20 bits per heavy atom. The molecule has 3 aliphatic rings. The summed E-state index contributed by atoms with van der Waals surface area (Å²) in [5.74, 6) is 0.309. The summed E-state index contributed by atoms with van der Waals surface area (Å²) < 4.78 is 47.1. The lowest BCUT2D eigenvalue weighted by Crippen LogP contribution is -2.55. The van der Waals surface area contributed by atoms with E-state index in [1.165, 1.54) is 44.0 Å². The smallest absolute Gasteiger partial charge is 0.418 e. The highest BCUT2D eigenvalue weighted by atomic mass is 19.4. The Kier molecular flexibility index (Phi) is 10.3. The molecule has 236 valence electrons. The van der Waals surface area contributed by atoms with Crippen molar-refractivity contribution in [3.8, 4) is 12.1 Å². The van der Waals surface area contributed by atoms with Gasteiger partial charge in [0.05, 0.1) is 49.1 Å². The molecule has 5 rings (SSSR count). The van der Waals surface area contributed by atoms with E-state index in [-0.39, 0.29) is 54.4 Å². The first-order chi connectivity index (χ1) is 21.0. The summed E-state index contributed by atoms with van der Waals surface area (Å²) in [6.45, 7) is 7.53. The fourth-order valence-electron chi connectivity index (χ4n) is 5.89. The Bertz CT molecular complexity index is 1420. The molecule has 2 aromatic rings. The van der Waals surface area contributed by atoms with Gasteiger partial charge in [0.1, 0.15) is 5.82 Å². The van der Waals surface area contributed by atoms with Crippen LogP contribution in [0.2, 0.25) is 0 Å². The fraction of sp³-hybridized carbons (Fsp3) is 0.500. The molecule has 3 aliphatic heterocycles. The summed E-state index contributed by atoms with van der Waals surface area (Å²) in [7, 11) is 3.57. The number of carbonyl (C=O) groups excluding carboxylic acids is 1. The monoisotopic (exact) mass is 613 g/mol. The number of benzene rings is 1. The van der Waals surface area contributed by atoms with Crippen molar-refractivity contribution in [1.29, 1.82) is 10.7 Å². The average Bonchev–Trinajstić information content (AvgIpc) is 3.50. The van der Waals surface area contributed by atoms with Crippen molar-refractivity contribution in [2.24, 2.45) is 0 Å². The predicted octanol–water partition coefficient (Wildman–Crippen LogP) is 3.48. The van der Waals surface area contributed by atoms with Gasteiger partial charge < -0.3 is 35.5 Å². The van der Waals surface area contributed by atoms with Gasteiger partial charge in [0, 0.05) is 49.2 Å². The lowest BCUT2D eigenvalue weighted by atomic mass is 9.98. The fourth-order valence-corrected chi connectivity index (χ4v) is 5.89. The quantitative estimate of drug-likeness (QED) is 0.285. The van der Waals surface area contributed by atoms with Gasteiger partial charge >= 0.3 is 12.2 Å². The maximum absolute atomic E-state index is 13.9. The van der Waals surface area contributed by atoms with Gasteiger partial charge in [-0.05, 0) is 57.6 Å². The normalized spacial score (nSPS) is 18.5. The van der Waals surface area contributed by atoms with E-state index in [1.807, 2.05) is 4.90 Å². The third-order valence-electron chi connectivity index (χ3n) is 8.12. The highest BCUT2D eigenvalue weighted by Gasteiger charge is 2.38. The van der Waals surface area contributed by atoms with E-state index in [9.17, 15) is 23.2 Å². The Hall–Kier alpha value is -4.38. The number of hydrogen-bond donors (Lipinski definition) is 2. The van der Waals surface area contributed by atoms with Crippen LogP contribution in [0.15, 0.2) is 24.8 Å². The highest BCUT2D eigenvalue weighted by molar-refractivity contribution is 5.94. The van der Waals surface area contributed by atoms with Crippen LogP contribution in [0.5, 0.6) is 6.01 Å². The maximum atomic E-state index is 13.9. The molecule has 1 unspecified atom stereocenters. The van der Waals surface area contributed by atoms with Gasteiger partial charge in [-0.2, -0.15) is 28.4 Å². The maximum Gasteiger partial charge on any atom is 0.418 e. The Labute approximate surface area is 255 Å². The number of nitrogen functional groups attached to an aromatic ring is 1. The molecule has 1 aromatic heterocycles. The van der Waals surface area contributed by atoms with Gasteiger partial charge in [-0.15, -0.1) is 0 Å². The molecule has 14 heteroatoms. The summed E-state index contributed by atoms with van der Waals surface area (Å²) in [5, 5.41) is 17.0. The third-order valence-corrected chi connectivity index (χ3v) is 8.12. The number of alkyl halides is 3. The number of likely N-dealkylation sites (tertiary alicyclic amines) is 1. The number of halogens is 3. The number of ether oxygens (including phenoxy) is 1. The van der Waals surface area contributed by atoms with Crippen LogP contribution < -0.4 is 20.3 Å². The molecule has 0 spiro atoms. The minimum atomic E-state index is -4.64. The van der Waals surface area contributed by atoms with Crippen LogP contribution in [0.4, 0.5) is 30.4 Å². The van der Waals surface area contributed by atoms with Gasteiger partial charge in [-0.1, -0.05) is 6.58 Å². The van der Waals surface area contributed by atoms with E-state index in [4.69, 9.17) is 15.9 Å². The molecule has 0 bridgehead atoms. The lowest BCUT2D eigenvalue weighted by Gasteiger charge is -2.42. The van der Waals surface area contributed by atoms with Crippen LogP contribution >= 0.6 is 0 Å². The van der Waals surface area contributed by atoms with Gasteiger partial charge in [0.2, 0.25) is 5.91 Å². The van der Waals surface area contributed by atoms with Gasteiger partial charge in [-0.25, -0.2) is 0 Å². The highest BCUT2D eigenvalue weighted by Crippen LogP contribution is 2.42. The second-order valence-electron chi connectivity index (χ2n) is 10.9. The average molecular weight is 614 g/mol. The molecule has 3 N–H and O–H groups in total. The van der Waals surface area contributed by atoms with Crippen molar-refractivity contribution in [2.45, 2.75) is 44.4 Å². The van der Waals surface area contributed by atoms with Crippen molar-refractivity contribution < 1.29 is 22.7 Å². The van der Waals surface area contributed by atoms with Crippen LogP contribution in [-0.2, 0) is 23.9 Å². The first-order valence-electron chi connectivity index (χ1n) is 14.4. The predicted molar refractivity (Wildman–Crippen MR) is 162 cm³/mol. The number of piperazine rings is 1. The number of rotatable bonds is 6. The zero-order valence-electron chi connectivity index (χ0n) is 25.0. The van der Waals surface area contributed by atoms with E-state index in [0.29, 0.717) is 37.6 Å². The summed E-state index contributed by atoms with van der Waals surface area (Å²) in [5.41, 5.74) is 6.21. The van der Waals surface area contributed by atoms with Crippen LogP contribution in [-0.4, -0.2) is 91.4 Å². The molecule has 44 heavy (non-hydrogen) atoms. The van der Waals surface area contributed by atoms with Crippen LogP contribution in [0.1, 0.15) is 41.6 Å². The second-order valence-corrected chi connectivity index (χ2v) is 10.9. The van der Waals surface area contributed by atoms with Gasteiger partial charge in [0.25, 0.3) is 0 Å². The Morgan fingerprint density at radius 3 is 2.50 bits per heavy atom. The molecule has 2 fully saturated rings. The number of nitriles is 1. The van der Waals surface area contributed by atoms with Crippen molar-refractivity contribution in [3.63, 3.8) is 0 Å². The van der Waals surface area contributed by atoms with Crippen LogP contribution in [0, 0.1) is 16.7 Å². The minimum absolute atomic E-state index is 0.00753. The minimum Gasteiger partial charge on any atom is -0.467 e. The number of anilines is 3.